The van der Waals surface area contributed by atoms with Gasteiger partial charge in [0.25, 0.3) is 5.91 Å². The number of likely N-dealkylation sites (tertiary alicyclic amines) is 2. The van der Waals surface area contributed by atoms with E-state index in [9.17, 15) is 19.5 Å². The first-order chi connectivity index (χ1) is 29.4. The summed E-state index contributed by atoms with van der Waals surface area (Å²) in [6.07, 6.45) is 6.24. The minimum atomic E-state index is -1.44. The van der Waals surface area contributed by atoms with Gasteiger partial charge in [-0.05, 0) is 92.3 Å². The van der Waals surface area contributed by atoms with Crippen molar-refractivity contribution in [2.45, 2.75) is 69.5 Å². The number of fused-ring (bicyclic) bond motifs is 1. The standard InChI is InChI=1S/C46H51F2N9O4/c1-29-26-57(39-11-9-33(24-36(29)39)56-20-14-42(59)50-45(56)61)32-12-18-53(19-13-32)28-46(48)15-21-54(22-16-46)44(60)34-10-8-30(23-37(34)47)31-5-4-17-55(27-31)40-25-38(51-52-43(40)49)35-6-2-3-7-41(35)58/h2-3,6-11,23-26,31-32,58H,4-5,12-22,27-28H2,1H3,(H2,49,52)(H,50,59,61)/t31-/m0/s1. The molecule has 9 rings (SSSR count). The van der Waals surface area contributed by atoms with E-state index in [2.05, 4.69) is 43.0 Å². The lowest BCUT2D eigenvalue weighted by molar-refractivity contribution is -0.120. The number of phenolic OH excluding ortho intramolecular Hbond substituents is 1. The van der Waals surface area contributed by atoms with Crippen LogP contribution >= 0.6 is 0 Å². The lowest BCUT2D eigenvalue weighted by Gasteiger charge is -2.41. The van der Waals surface area contributed by atoms with E-state index in [1.807, 2.05) is 36.4 Å². The number of benzene rings is 3. The van der Waals surface area contributed by atoms with Crippen molar-refractivity contribution in [1.82, 2.24) is 29.9 Å². The van der Waals surface area contributed by atoms with Crippen molar-refractivity contribution >= 4 is 45.9 Å². The summed E-state index contributed by atoms with van der Waals surface area (Å²) in [6.45, 7) is 5.96. The Kier molecular flexibility index (Phi) is 10.8. The number of piperidine rings is 3. The van der Waals surface area contributed by atoms with Gasteiger partial charge in [-0.2, -0.15) is 0 Å². The van der Waals surface area contributed by atoms with Gasteiger partial charge in [0.2, 0.25) is 5.91 Å². The topological polar surface area (TPSA) is 153 Å². The van der Waals surface area contributed by atoms with Crippen molar-refractivity contribution in [2.75, 3.05) is 67.9 Å². The molecule has 13 nitrogen and oxygen atoms in total. The molecule has 15 heteroatoms. The fraction of sp³-hybridized carbons (Fsp3) is 0.413. The zero-order valence-corrected chi connectivity index (χ0v) is 34.3. The average molecular weight is 832 g/mol. The Balaban J connectivity index is 0.781. The number of urea groups is 1. The fourth-order valence-electron chi connectivity index (χ4n) is 9.78. The third kappa shape index (κ3) is 8.10. The van der Waals surface area contributed by atoms with Crippen LogP contribution in [0, 0.1) is 12.7 Å². The van der Waals surface area contributed by atoms with Crippen LogP contribution in [0.2, 0.25) is 0 Å². The molecule has 1 atom stereocenters. The van der Waals surface area contributed by atoms with Crippen molar-refractivity contribution in [2.24, 2.45) is 0 Å². The summed E-state index contributed by atoms with van der Waals surface area (Å²) in [6, 6.07) is 19.4. The fourth-order valence-corrected chi connectivity index (χ4v) is 9.78. The number of halogens is 2. The van der Waals surface area contributed by atoms with Gasteiger partial charge in [0, 0.05) is 112 Å². The Hall–Kier alpha value is -6.09. The molecular formula is C46H51F2N9O4. The minimum Gasteiger partial charge on any atom is -0.507 e. The van der Waals surface area contributed by atoms with E-state index >= 15 is 8.78 Å². The number of aromatic hydroxyl groups is 1. The predicted molar refractivity (Wildman–Crippen MR) is 230 cm³/mol. The number of carbonyl (C=O) groups excluding carboxylic acids is 3. The SMILES string of the molecule is Cc1cn(C2CCN(CC3(F)CCN(C(=O)c4ccc([C@H]5CCCN(c6cc(-c7ccccc7O)nnc6N)C5)cc4F)CC3)CC2)c2ccc(N3CCC(=O)NC3=O)cc12. The van der Waals surface area contributed by atoms with Crippen molar-refractivity contribution in [1.29, 1.82) is 0 Å². The van der Waals surface area contributed by atoms with E-state index in [1.165, 1.54) is 6.07 Å². The van der Waals surface area contributed by atoms with Crippen LogP contribution in [0.25, 0.3) is 22.2 Å². The minimum absolute atomic E-state index is 0.00258. The summed E-state index contributed by atoms with van der Waals surface area (Å²) >= 11 is 0. The van der Waals surface area contributed by atoms with E-state index in [0.717, 1.165) is 73.0 Å². The van der Waals surface area contributed by atoms with Gasteiger partial charge in [0.05, 0.1) is 16.9 Å². The van der Waals surface area contributed by atoms with Crippen LogP contribution in [0.5, 0.6) is 5.75 Å². The summed E-state index contributed by atoms with van der Waals surface area (Å²) in [5, 5.41) is 22.2. The Labute approximate surface area is 353 Å². The molecule has 0 unspecified atom stereocenters. The van der Waals surface area contributed by atoms with E-state index in [-0.39, 0.29) is 67.3 Å². The molecule has 0 aliphatic carbocycles. The summed E-state index contributed by atoms with van der Waals surface area (Å²) in [5.74, 6) is -0.893. The molecule has 5 aromatic rings. The lowest BCUT2D eigenvalue weighted by Crippen LogP contribution is -2.51. The van der Waals surface area contributed by atoms with E-state index < -0.39 is 23.4 Å². The van der Waals surface area contributed by atoms with E-state index in [0.29, 0.717) is 36.6 Å². The number of imide groups is 1. The van der Waals surface area contributed by atoms with Crippen molar-refractivity contribution in [3.05, 3.63) is 95.4 Å². The third-order valence-corrected chi connectivity index (χ3v) is 13.2. The number of carbonyl (C=O) groups is 3. The molecular weight excluding hydrogens is 781 g/mol. The van der Waals surface area contributed by atoms with Gasteiger partial charge >= 0.3 is 6.03 Å². The smallest absolute Gasteiger partial charge is 0.328 e. The van der Waals surface area contributed by atoms with Crippen LogP contribution in [-0.2, 0) is 4.79 Å². The second kappa shape index (κ2) is 16.4. The van der Waals surface area contributed by atoms with Crippen LogP contribution in [0.15, 0.2) is 72.9 Å². The summed E-state index contributed by atoms with van der Waals surface area (Å²) in [4.78, 5) is 45.2. The van der Waals surface area contributed by atoms with E-state index in [1.54, 1.807) is 34.1 Å². The van der Waals surface area contributed by atoms with Crippen LogP contribution < -0.4 is 20.9 Å². The van der Waals surface area contributed by atoms with Gasteiger partial charge in [0.1, 0.15) is 17.2 Å². The average Bonchev–Trinajstić information content (AvgIpc) is 3.59. The molecule has 4 amide bonds. The van der Waals surface area contributed by atoms with Crippen molar-refractivity contribution in [3.8, 4) is 17.0 Å². The molecule has 0 saturated carbocycles. The second-order valence-electron chi connectivity index (χ2n) is 17.2. The monoisotopic (exact) mass is 831 g/mol. The van der Waals surface area contributed by atoms with Crippen molar-refractivity contribution < 1.29 is 28.3 Å². The Morgan fingerprint density at radius 1 is 0.951 bits per heavy atom. The summed E-state index contributed by atoms with van der Waals surface area (Å²) < 4.78 is 34.4. The molecule has 0 bridgehead atoms. The first-order valence-electron chi connectivity index (χ1n) is 21.3. The Bertz CT molecular complexity index is 2490. The number of aromatic nitrogens is 3. The third-order valence-electron chi connectivity index (χ3n) is 13.2. The molecule has 4 fully saturated rings. The number of nitrogens with two attached hydrogens (primary N) is 1. The van der Waals surface area contributed by atoms with Gasteiger partial charge in [-0.25, -0.2) is 13.6 Å². The van der Waals surface area contributed by atoms with Crippen molar-refractivity contribution in [3.63, 3.8) is 0 Å². The molecule has 3 aromatic carbocycles. The highest BCUT2D eigenvalue weighted by atomic mass is 19.1. The highest BCUT2D eigenvalue weighted by Gasteiger charge is 2.39. The number of nitrogen functional groups attached to an aromatic ring is 1. The van der Waals surface area contributed by atoms with Crippen LogP contribution in [0.4, 0.5) is 30.8 Å². The molecule has 318 valence electrons. The van der Waals surface area contributed by atoms with Gasteiger partial charge < -0.3 is 30.1 Å². The zero-order valence-electron chi connectivity index (χ0n) is 34.3. The van der Waals surface area contributed by atoms with E-state index in [4.69, 9.17) is 5.73 Å². The van der Waals surface area contributed by atoms with Gasteiger partial charge in [-0.1, -0.05) is 18.2 Å². The number of anilines is 3. The van der Waals surface area contributed by atoms with Gasteiger partial charge in [-0.15, -0.1) is 10.2 Å². The second-order valence-corrected chi connectivity index (χ2v) is 17.2. The molecule has 61 heavy (non-hydrogen) atoms. The van der Waals surface area contributed by atoms with Gasteiger partial charge in [0.15, 0.2) is 5.82 Å². The molecule has 0 radical (unpaired) electrons. The maximum atomic E-state index is 16.4. The largest absolute Gasteiger partial charge is 0.507 e. The first kappa shape index (κ1) is 40.3. The number of aryl methyl sites for hydroxylation is 1. The lowest BCUT2D eigenvalue weighted by atomic mass is 9.89. The number of para-hydroxylation sites is 1. The maximum Gasteiger partial charge on any atom is 0.328 e. The number of hydrogen-bond donors (Lipinski definition) is 3. The molecule has 4 aliphatic heterocycles. The number of rotatable bonds is 8. The van der Waals surface area contributed by atoms with Crippen LogP contribution in [-0.4, -0.2) is 106 Å². The number of amides is 4. The number of nitrogens with zero attached hydrogens (tertiary/aromatic N) is 7. The maximum absolute atomic E-state index is 16.4. The number of nitrogens with one attached hydrogen (secondary N) is 1. The van der Waals surface area contributed by atoms with Gasteiger partial charge in [-0.3, -0.25) is 19.8 Å². The summed E-state index contributed by atoms with van der Waals surface area (Å²) in [5.41, 5.74) is 10.3. The Morgan fingerprint density at radius 2 is 1.74 bits per heavy atom. The number of alkyl halides is 1. The normalized spacial score (nSPS) is 20.3. The quantitative estimate of drug-likeness (QED) is 0.151. The van der Waals surface area contributed by atoms with Crippen LogP contribution in [0.1, 0.15) is 78.4 Å². The molecule has 4 aliphatic rings. The highest BCUT2D eigenvalue weighted by molar-refractivity contribution is 6.06. The first-order valence-corrected chi connectivity index (χ1v) is 21.3. The summed E-state index contributed by atoms with van der Waals surface area (Å²) in [7, 11) is 0. The molecule has 4 saturated heterocycles. The molecule has 4 N–H and O–H groups in total. The highest BCUT2D eigenvalue weighted by Crippen LogP contribution is 2.38. The zero-order chi connectivity index (χ0) is 42.4. The predicted octanol–water partition coefficient (Wildman–Crippen LogP) is 6.95. The Morgan fingerprint density at radius 3 is 2.49 bits per heavy atom. The number of hydrogen-bond acceptors (Lipinski definition) is 9. The molecule has 2 aromatic heterocycles. The molecule has 6 heterocycles. The number of phenols is 1. The molecule has 0 spiro atoms. The van der Waals surface area contributed by atoms with Crippen LogP contribution in [0.3, 0.4) is 0 Å².